The molecule has 2 nitrogen and oxygen atoms in total. The molecule has 9 heteroatoms. The number of hydrogen-bond acceptors (Lipinski definition) is 2. The van der Waals surface area contributed by atoms with E-state index >= 15 is 0 Å². The topological polar surface area (TPSA) is 25.8 Å². The van der Waals surface area contributed by atoms with E-state index < -0.39 is 28.5 Å². The minimum Gasteiger partial charge on any atom is -0.263 e. The molecular weight excluding hydrogens is 322 g/mol. The first-order valence-corrected chi connectivity index (χ1v) is 5.72. The molecule has 0 aliphatic heterocycles. The third kappa shape index (κ3) is 3.44. The normalized spacial score (nSPS) is 12.5. The van der Waals surface area contributed by atoms with E-state index in [0.29, 0.717) is 24.5 Å². The molecule has 0 radical (unpaired) electrons. The Hall–Kier alpha value is -1.83. The van der Waals surface area contributed by atoms with Crippen molar-refractivity contribution in [2.45, 2.75) is 12.4 Å². The predicted molar refractivity (Wildman–Crippen MR) is 62.5 cm³/mol. The van der Waals surface area contributed by atoms with Crippen LogP contribution < -0.4 is 0 Å². The standard InChI is InChI=1S/C12H5ClF6N2/c13-9-2-8(12(17,18)19)5-21-10(9)6-1-7(4-20-3-6)11(14,15)16/h1-5H. The Morgan fingerprint density at radius 2 is 1.38 bits per heavy atom. The predicted octanol–water partition coefficient (Wildman–Crippen LogP) is 4.83. The van der Waals surface area contributed by atoms with Gasteiger partial charge in [-0.15, -0.1) is 0 Å². The number of rotatable bonds is 1. The molecule has 0 N–H and O–H groups in total. The summed E-state index contributed by atoms with van der Waals surface area (Å²) in [5.74, 6) is 0. The molecule has 112 valence electrons. The van der Waals surface area contributed by atoms with E-state index in [1.165, 1.54) is 0 Å². The van der Waals surface area contributed by atoms with Crippen LogP contribution in [-0.4, -0.2) is 9.97 Å². The van der Waals surface area contributed by atoms with Crippen molar-refractivity contribution < 1.29 is 26.3 Å². The SMILES string of the molecule is FC(F)(F)c1cncc(-c2ncc(C(F)(F)F)cc2Cl)c1. The molecule has 0 saturated heterocycles. The molecule has 0 aromatic carbocycles. The van der Waals surface area contributed by atoms with Gasteiger partial charge in [-0.3, -0.25) is 9.97 Å². The van der Waals surface area contributed by atoms with Crippen LogP contribution in [0.1, 0.15) is 11.1 Å². The lowest BCUT2D eigenvalue weighted by Gasteiger charge is -2.11. The van der Waals surface area contributed by atoms with Gasteiger partial charge in [-0.2, -0.15) is 26.3 Å². The first kappa shape index (κ1) is 15.6. The maximum absolute atomic E-state index is 12.6. The zero-order valence-electron chi connectivity index (χ0n) is 9.93. The Balaban J connectivity index is 2.48. The fourth-order valence-electron chi connectivity index (χ4n) is 1.53. The van der Waals surface area contributed by atoms with Gasteiger partial charge in [-0.25, -0.2) is 0 Å². The lowest BCUT2D eigenvalue weighted by atomic mass is 10.1. The summed E-state index contributed by atoms with van der Waals surface area (Å²) in [5.41, 5.74) is -2.46. The van der Waals surface area contributed by atoms with Crippen molar-refractivity contribution >= 4 is 11.6 Å². The van der Waals surface area contributed by atoms with Crippen LogP contribution in [0.3, 0.4) is 0 Å². The van der Waals surface area contributed by atoms with Crippen molar-refractivity contribution in [3.63, 3.8) is 0 Å². The monoisotopic (exact) mass is 326 g/mol. The van der Waals surface area contributed by atoms with Gasteiger partial charge in [0.2, 0.25) is 0 Å². The lowest BCUT2D eigenvalue weighted by Crippen LogP contribution is -2.07. The fraction of sp³-hybridized carbons (Fsp3) is 0.167. The van der Waals surface area contributed by atoms with E-state index in [9.17, 15) is 26.3 Å². The van der Waals surface area contributed by atoms with Crippen LogP contribution in [0, 0.1) is 0 Å². The summed E-state index contributed by atoms with van der Waals surface area (Å²) >= 11 is 5.67. The van der Waals surface area contributed by atoms with Gasteiger partial charge in [0, 0.05) is 24.2 Å². The van der Waals surface area contributed by atoms with E-state index in [0.717, 1.165) is 6.20 Å². The third-order valence-corrected chi connectivity index (χ3v) is 2.80. The summed E-state index contributed by atoms with van der Waals surface area (Å²) in [6, 6.07) is 1.32. The number of alkyl halides is 6. The molecule has 0 aliphatic carbocycles. The van der Waals surface area contributed by atoms with Crippen LogP contribution in [-0.2, 0) is 12.4 Å². The van der Waals surface area contributed by atoms with Crippen LogP contribution >= 0.6 is 11.6 Å². The van der Waals surface area contributed by atoms with Gasteiger partial charge in [0.15, 0.2) is 0 Å². The largest absolute Gasteiger partial charge is 0.417 e. The Morgan fingerprint density at radius 3 is 1.90 bits per heavy atom. The Morgan fingerprint density at radius 1 is 0.810 bits per heavy atom. The van der Waals surface area contributed by atoms with Crippen LogP contribution in [0.4, 0.5) is 26.3 Å². The van der Waals surface area contributed by atoms with Crippen LogP contribution in [0.15, 0.2) is 30.7 Å². The van der Waals surface area contributed by atoms with E-state index in [1.54, 1.807) is 0 Å². The van der Waals surface area contributed by atoms with Gasteiger partial charge < -0.3 is 0 Å². The Kier molecular flexibility index (Phi) is 3.83. The molecule has 2 heterocycles. The van der Waals surface area contributed by atoms with Crippen molar-refractivity contribution in [1.82, 2.24) is 9.97 Å². The second-order valence-electron chi connectivity index (χ2n) is 4.01. The molecule has 0 aliphatic rings. The quantitative estimate of drug-likeness (QED) is 0.701. The highest BCUT2D eigenvalue weighted by Crippen LogP contribution is 2.35. The van der Waals surface area contributed by atoms with Crippen molar-refractivity contribution in [2.75, 3.05) is 0 Å². The second-order valence-corrected chi connectivity index (χ2v) is 4.42. The maximum atomic E-state index is 12.6. The van der Waals surface area contributed by atoms with Crippen molar-refractivity contribution in [3.8, 4) is 11.3 Å². The molecule has 0 amide bonds. The number of aromatic nitrogens is 2. The number of halogens is 7. The zero-order valence-corrected chi connectivity index (χ0v) is 10.7. The fourth-order valence-corrected chi connectivity index (χ4v) is 1.81. The van der Waals surface area contributed by atoms with Crippen LogP contribution in [0.5, 0.6) is 0 Å². The molecule has 2 rings (SSSR count). The summed E-state index contributed by atoms with van der Waals surface area (Å²) in [4.78, 5) is 6.88. The van der Waals surface area contributed by atoms with Gasteiger partial charge in [0.25, 0.3) is 0 Å². The van der Waals surface area contributed by atoms with Gasteiger partial charge in [-0.1, -0.05) is 11.6 Å². The lowest BCUT2D eigenvalue weighted by molar-refractivity contribution is -0.138. The van der Waals surface area contributed by atoms with Crippen molar-refractivity contribution in [1.29, 1.82) is 0 Å². The summed E-state index contributed by atoms with van der Waals surface area (Å²) in [5, 5.41) is -0.411. The molecule has 0 bridgehead atoms. The second kappa shape index (κ2) is 5.18. The molecule has 0 atom stereocenters. The van der Waals surface area contributed by atoms with E-state index in [1.807, 2.05) is 0 Å². The van der Waals surface area contributed by atoms with Crippen molar-refractivity contribution in [2.24, 2.45) is 0 Å². The van der Waals surface area contributed by atoms with E-state index in [4.69, 9.17) is 11.6 Å². The smallest absolute Gasteiger partial charge is 0.263 e. The Bertz CT molecular complexity index is 666. The molecular formula is C12H5ClF6N2. The van der Waals surface area contributed by atoms with Gasteiger partial charge in [0.05, 0.1) is 21.8 Å². The highest BCUT2D eigenvalue weighted by molar-refractivity contribution is 6.33. The van der Waals surface area contributed by atoms with E-state index in [-0.39, 0.29) is 11.3 Å². The highest BCUT2D eigenvalue weighted by Gasteiger charge is 2.33. The van der Waals surface area contributed by atoms with Crippen LogP contribution in [0.25, 0.3) is 11.3 Å². The molecule has 0 unspecified atom stereocenters. The van der Waals surface area contributed by atoms with Gasteiger partial charge in [-0.05, 0) is 12.1 Å². The molecule has 2 aromatic heterocycles. The molecule has 0 saturated carbocycles. The number of hydrogen-bond donors (Lipinski definition) is 0. The first-order valence-electron chi connectivity index (χ1n) is 5.34. The average Bonchev–Trinajstić information content (AvgIpc) is 2.36. The summed E-state index contributed by atoms with van der Waals surface area (Å²) in [6.45, 7) is 0. The minimum atomic E-state index is -4.64. The van der Waals surface area contributed by atoms with Gasteiger partial charge in [0.1, 0.15) is 0 Å². The summed E-state index contributed by atoms with van der Waals surface area (Å²) in [6.07, 6.45) is -7.12. The minimum absolute atomic E-state index is 0.122. The van der Waals surface area contributed by atoms with Crippen LogP contribution in [0.2, 0.25) is 5.02 Å². The molecule has 2 aromatic rings. The summed E-state index contributed by atoms with van der Waals surface area (Å²) < 4.78 is 75.1. The van der Waals surface area contributed by atoms with Crippen molar-refractivity contribution in [3.05, 3.63) is 46.9 Å². The number of pyridine rings is 2. The van der Waals surface area contributed by atoms with E-state index in [2.05, 4.69) is 9.97 Å². The first-order chi connectivity index (χ1) is 9.59. The third-order valence-electron chi connectivity index (χ3n) is 2.51. The molecule has 0 spiro atoms. The van der Waals surface area contributed by atoms with Gasteiger partial charge >= 0.3 is 12.4 Å². The highest BCUT2D eigenvalue weighted by atomic mass is 35.5. The molecule has 0 fully saturated rings. The molecule has 21 heavy (non-hydrogen) atoms. The average molecular weight is 327 g/mol. The number of nitrogens with zero attached hydrogens (tertiary/aromatic N) is 2. The Labute approximate surface area is 119 Å². The summed E-state index contributed by atoms with van der Waals surface area (Å²) in [7, 11) is 0. The zero-order chi connectivity index (χ0) is 15.8. The maximum Gasteiger partial charge on any atom is 0.417 e.